The largest absolute Gasteiger partial charge is 0.389 e. The van der Waals surface area contributed by atoms with Gasteiger partial charge in [0, 0.05) is 18.0 Å². The molecule has 3 atom stereocenters. The van der Waals surface area contributed by atoms with Gasteiger partial charge >= 0.3 is 6.18 Å². The maximum Gasteiger partial charge on any atom is 0.389 e. The first-order chi connectivity index (χ1) is 9.21. The molecule has 1 saturated carbocycles. The van der Waals surface area contributed by atoms with Gasteiger partial charge in [-0.2, -0.15) is 13.2 Å². The molecule has 0 aromatic heterocycles. The molecule has 20 heavy (non-hydrogen) atoms. The van der Waals surface area contributed by atoms with Crippen LogP contribution >= 0.6 is 0 Å². The molecule has 0 bridgehead atoms. The fourth-order valence-electron chi connectivity index (χ4n) is 3.61. The van der Waals surface area contributed by atoms with Crippen molar-refractivity contribution >= 4 is 0 Å². The number of nitrogens with one attached hydrogen (secondary N) is 1. The zero-order valence-corrected chi connectivity index (χ0v) is 12.8. The Morgan fingerprint density at radius 1 is 1.40 bits per heavy atom. The number of nitrogens with two attached hydrogens (primary N) is 1. The van der Waals surface area contributed by atoms with E-state index in [-0.39, 0.29) is 18.0 Å². The predicted molar refractivity (Wildman–Crippen MR) is 75.1 cm³/mol. The van der Waals surface area contributed by atoms with Crippen LogP contribution in [0.4, 0.5) is 13.2 Å². The van der Waals surface area contributed by atoms with Crippen molar-refractivity contribution in [2.75, 3.05) is 14.1 Å². The molecule has 0 aromatic carbocycles. The number of halogens is 3. The SMILES string of the molecule is CC1CCCC(C(CCCC(F)(F)F)NN)(N(C)C)C1. The van der Waals surface area contributed by atoms with Gasteiger partial charge in [-0.3, -0.25) is 11.3 Å². The molecule has 0 amide bonds. The second-order valence-corrected chi connectivity index (χ2v) is 6.43. The zero-order valence-electron chi connectivity index (χ0n) is 12.8. The third-order valence-corrected chi connectivity index (χ3v) is 4.70. The number of likely N-dealkylation sites (N-methyl/N-ethyl adjacent to an activating group) is 1. The summed E-state index contributed by atoms with van der Waals surface area (Å²) < 4.78 is 36.9. The van der Waals surface area contributed by atoms with Crippen molar-refractivity contribution in [2.24, 2.45) is 11.8 Å². The van der Waals surface area contributed by atoms with Gasteiger partial charge in [-0.05, 0) is 45.7 Å². The molecule has 3 N–H and O–H groups in total. The van der Waals surface area contributed by atoms with E-state index in [1.54, 1.807) is 0 Å². The fraction of sp³-hybridized carbons (Fsp3) is 1.00. The van der Waals surface area contributed by atoms with Crippen LogP contribution in [0.25, 0.3) is 0 Å². The van der Waals surface area contributed by atoms with E-state index in [0.717, 1.165) is 19.3 Å². The van der Waals surface area contributed by atoms with Crippen LogP contribution < -0.4 is 11.3 Å². The normalized spacial score (nSPS) is 29.7. The summed E-state index contributed by atoms with van der Waals surface area (Å²) in [7, 11) is 4.01. The first kappa shape index (κ1) is 17.7. The third-order valence-electron chi connectivity index (χ3n) is 4.70. The molecule has 120 valence electrons. The summed E-state index contributed by atoms with van der Waals surface area (Å²) in [6, 6.07) is -0.0948. The van der Waals surface area contributed by atoms with Gasteiger partial charge in [-0.25, -0.2) is 0 Å². The minimum Gasteiger partial charge on any atom is -0.302 e. The number of hydrazine groups is 1. The van der Waals surface area contributed by atoms with Crippen molar-refractivity contribution in [2.45, 2.75) is 69.6 Å². The highest BCUT2D eigenvalue weighted by atomic mass is 19.4. The highest BCUT2D eigenvalue weighted by molar-refractivity contribution is 5.01. The molecule has 1 aliphatic rings. The average Bonchev–Trinajstić information content (AvgIpc) is 2.33. The summed E-state index contributed by atoms with van der Waals surface area (Å²) in [4.78, 5) is 2.15. The lowest BCUT2D eigenvalue weighted by Gasteiger charge is -2.50. The summed E-state index contributed by atoms with van der Waals surface area (Å²) in [6.07, 6.45) is 0.0517. The average molecular weight is 295 g/mol. The molecular weight excluding hydrogens is 267 g/mol. The summed E-state index contributed by atoms with van der Waals surface area (Å²) >= 11 is 0. The predicted octanol–water partition coefficient (Wildman–Crippen LogP) is 3.06. The molecule has 6 heteroatoms. The molecule has 0 heterocycles. The molecule has 1 rings (SSSR count). The Labute approximate surface area is 120 Å². The number of hydrogen-bond donors (Lipinski definition) is 2. The summed E-state index contributed by atoms with van der Waals surface area (Å²) in [5, 5.41) is 0. The maximum absolute atomic E-state index is 12.3. The quantitative estimate of drug-likeness (QED) is 0.584. The minimum absolute atomic E-state index is 0.0948. The second-order valence-electron chi connectivity index (χ2n) is 6.43. The van der Waals surface area contributed by atoms with E-state index >= 15 is 0 Å². The standard InChI is InChI=1S/C14H28F3N3/c1-11-6-4-8-13(10-11,20(2)3)12(19-18)7-5-9-14(15,16)17/h11-12,19H,4-10,18H2,1-3H3. The number of nitrogens with zero attached hydrogens (tertiary/aromatic N) is 1. The van der Waals surface area contributed by atoms with E-state index in [2.05, 4.69) is 17.2 Å². The fourth-order valence-corrected chi connectivity index (χ4v) is 3.61. The Morgan fingerprint density at radius 2 is 2.05 bits per heavy atom. The van der Waals surface area contributed by atoms with Gasteiger partial charge in [0.2, 0.25) is 0 Å². The number of alkyl halides is 3. The topological polar surface area (TPSA) is 41.3 Å². The Balaban J connectivity index is 2.71. The molecular formula is C14H28F3N3. The van der Waals surface area contributed by atoms with Crippen LogP contribution in [0.2, 0.25) is 0 Å². The van der Waals surface area contributed by atoms with E-state index in [4.69, 9.17) is 5.84 Å². The van der Waals surface area contributed by atoms with Crippen LogP contribution in [0.15, 0.2) is 0 Å². The maximum atomic E-state index is 12.3. The molecule has 0 aliphatic heterocycles. The highest BCUT2D eigenvalue weighted by Crippen LogP contribution is 2.39. The molecule has 3 nitrogen and oxygen atoms in total. The smallest absolute Gasteiger partial charge is 0.302 e. The molecule has 0 radical (unpaired) electrons. The Hall–Kier alpha value is -0.330. The first-order valence-corrected chi connectivity index (χ1v) is 7.41. The molecule has 0 aromatic rings. The van der Waals surface area contributed by atoms with Crippen molar-refractivity contribution in [3.8, 4) is 0 Å². The van der Waals surface area contributed by atoms with Crippen molar-refractivity contribution in [3.63, 3.8) is 0 Å². The van der Waals surface area contributed by atoms with Crippen molar-refractivity contribution in [3.05, 3.63) is 0 Å². The van der Waals surface area contributed by atoms with Gasteiger partial charge in [0.15, 0.2) is 0 Å². The van der Waals surface area contributed by atoms with Gasteiger partial charge in [0.05, 0.1) is 0 Å². The van der Waals surface area contributed by atoms with E-state index in [1.165, 1.54) is 6.42 Å². The lowest BCUT2D eigenvalue weighted by molar-refractivity contribution is -0.136. The van der Waals surface area contributed by atoms with Gasteiger partial charge in [0.25, 0.3) is 0 Å². The highest BCUT2D eigenvalue weighted by Gasteiger charge is 2.43. The minimum atomic E-state index is -4.08. The van der Waals surface area contributed by atoms with Crippen molar-refractivity contribution in [1.29, 1.82) is 0 Å². The summed E-state index contributed by atoms with van der Waals surface area (Å²) in [5.41, 5.74) is 2.66. The van der Waals surface area contributed by atoms with E-state index in [9.17, 15) is 13.2 Å². The van der Waals surface area contributed by atoms with Gasteiger partial charge in [-0.1, -0.05) is 19.8 Å². The molecule has 1 aliphatic carbocycles. The molecule has 3 unspecified atom stereocenters. The van der Waals surface area contributed by atoms with E-state index in [0.29, 0.717) is 12.3 Å². The number of rotatable bonds is 6. The Kier molecular flexibility index (Phi) is 6.28. The monoisotopic (exact) mass is 295 g/mol. The Morgan fingerprint density at radius 3 is 2.50 bits per heavy atom. The summed E-state index contributed by atoms with van der Waals surface area (Å²) in [5.74, 6) is 6.25. The molecule has 1 fully saturated rings. The van der Waals surface area contributed by atoms with Crippen LogP contribution in [-0.4, -0.2) is 36.8 Å². The number of hydrogen-bond acceptors (Lipinski definition) is 3. The molecule has 0 spiro atoms. The lowest BCUT2D eigenvalue weighted by atomic mass is 9.70. The van der Waals surface area contributed by atoms with Gasteiger partial charge < -0.3 is 4.90 Å². The summed E-state index contributed by atoms with van der Waals surface area (Å²) in [6.45, 7) is 2.21. The van der Waals surface area contributed by atoms with Crippen LogP contribution in [0.3, 0.4) is 0 Å². The van der Waals surface area contributed by atoms with Crippen LogP contribution in [0, 0.1) is 5.92 Å². The van der Waals surface area contributed by atoms with E-state index < -0.39 is 12.6 Å². The molecule has 0 saturated heterocycles. The lowest BCUT2D eigenvalue weighted by Crippen LogP contribution is -2.62. The van der Waals surface area contributed by atoms with Crippen LogP contribution in [0.5, 0.6) is 0 Å². The van der Waals surface area contributed by atoms with Crippen LogP contribution in [-0.2, 0) is 0 Å². The zero-order chi connectivity index (χ0) is 15.4. The van der Waals surface area contributed by atoms with Crippen molar-refractivity contribution in [1.82, 2.24) is 10.3 Å². The van der Waals surface area contributed by atoms with E-state index in [1.807, 2.05) is 14.1 Å². The van der Waals surface area contributed by atoms with Gasteiger partial charge in [-0.15, -0.1) is 0 Å². The second kappa shape index (κ2) is 7.09. The first-order valence-electron chi connectivity index (χ1n) is 7.41. The Bertz CT molecular complexity index is 294. The van der Waals surface area contributed by atoms with Gasteiger partial charge in [0.1, 0.15) is 0 Å². The third kappa shape index (κ3) is 4.60. The van der Waals surface area contributed by atoms with Crippen molar-refractivity contribution < 1.29 is 13.2 Å². The van der Waals surface area contributed by atoms with Crippen LogP contribution in [0.1, 0.15) is 51.9 Å².